The molecule has 0 radical (unpaired) electrons. The molecule has 0 unspecified atom stereocenters. The van der Waals surface area contributed by atoms with Gasteiger partial charge in [-0.15, -0.1) is 0 Å². The molecule has 1 amide bonds. The summed E-state index contributed by atoms with van der Waals surface area (Å²) in [4.78, 5) is 21.9. The Morgan fingerprint density at radius 2 is 2.00 bits per heavy atom. The van der Waals surface area contributed by atoms with Gasteiger partial charge in [-0.2, -0.15) is 0 Å². The molecule has 0 saturated carbocycles. The lowest BCUT2D eigenvalue weighted by Gasteiger charge is -2.19. The smallest absolute Gasteiger partial charge is 0.407 e. The summed E-state index contributed by atoms with van der Waals surface area (Å²) in [5.41, 5.74) is 0.344. The second kappa shape index (κ2) is 8.36. The van der Waals surface area contributed by atoms with E-state index < -0.39 is 16.6 Å². The highest BCUT2D eigenvalue weighted by atomic mass is 16.6. The van der Waals surface area contributed by atoms with E-state index in [0.717, 1.165) is 5.56 Å². The van der Waals surface area contributed by atoms with Crippen LogP contribution in [0.2, 0.25) is 0 Å². The third kappa shape index (κ3) is 7.49. The van der Waals surface area contributed by atoms with Crippen LogP contribution in [0.3, 0.4) is 0 Å². The maximum Gasteiger partial charge on any atom is 0.407 e. The number of nitrogens with zero attached hydrogens (tertiary/aromatic N) is 1. The predicted octanol–water partition coefficient (Wildman–Crippen LogP) is 3.59. The number of hydrogen-bond acceptors (Lipinski definition) is 5. The Hall–Kier alpha value is -2.31. The first kappa shape index (κ1) is 18.7. The molecule has 1 aromatic carbocycles. The van der Waals surface area contributed by atoms with E-state index in [9.17, 15) is 14.9 Å². The maximum absolute atomic E-state index is 11.4. The van der Waals surface area contributed by atoms with Gasteiger partial charge in [0.2, 0.25) is 0 Å². The number of nitrogens with one attached hydrogen (secondary N) is 1. The molecule has 1 aromatic rings. The van der Waals surface area contributed by atoms with E-state index in [-0.39, 0.29) is 11.4 Å². The van der Waals surface area contributed by atoms with Crippen LogP contribution in [0.1, 0.15) is 39.2 Å². The number of alkyl carbamates (subject to hydrolysis) is 1. The fourth-order valence-corrected chi connectivity index (χ4v) is 1.80. The Kier molecular flexibility index (Phi) is 6.81. The van der Waals surface area contributed by atoms with Crippen LogP contribution in [-0.4, -0.2) is 29.8 Å². The quantitative estimate of drug-likeness (QED) is 0.470. The molecular formula is C16H24N2O5. The fourth-order valence-electron chi connectivity index (χ4n) is 1.80. The number of unbranched alkanes of at least 4 members (excludes halogenated alkanes) is 1. The van der Waals surface area contributed by atoms with Gasteiger partial charge < -0.3 is 14.8 Å². The van der Waals surface area contributed by atoms with Crippen LogP contribution in [0, 0.1) is 17.0 Å². The number of nitro groups is 1. The minimum atomic E-state index is -0.517. The monoisotopic (exact) mass is 324 g/mol. The number of carbonyl (C=O) groups is 1. The molecule has 0 spiro atoms. The van der Waals surface area contributed by atoms with Crippen molar-refractivity contribution in [3.63, 3.8) is 0 Å². The number of carbonyl (C=O) groups excluding carboxylic acids is 1. The van der Waals surface area contributed by atoms with Crippen molar-refractivity contribution in [3.8, 4) is 5.75 Å². The maximum atomic E-state index is 11.4. The average Bonchev–Trinajstić information content (AvgIpc) is 2.40. The van der Waals surface area contributed by atoms with E-state index in [4.69, 9.17) is 9.47 Å². The lowest BCUT2D eigenvalue weighted by atomic mass is 10.2. The van der Waals surface area contributed by atoms with E-state index in [1.807, 2.05) is 6.92 Å². The van der Waals surface area contributed by atoms with Gasteiger partial charge >= 0.3 is 11.8 Å². The summed E-state index contributed by atoms with van der Waals surface area (Å²) in [7, 11) is 0. The zero-order valence-corrected chi connectivity index (χ0v) is 14.0. The van der Waals surface area contributed by atoms with E-state index in [2.05, 4.69) is 5.32 Å². The third-order valence-corrected chi connectivity index (χ3v) is 2.81. The summed E-state index contributed by atoms with van der Waals surface area (Å²) in [6.45, 7) is 8.06. The van der Waals surface area contributed by atoms with Crippen LogP contribution in [0.4, 0.5) is 10.5 Å². The van der Waals surface area contributed by atoms with Crippen LogP contribution in [0.5, 0.6) is 5.75 Å². The Labute approximate surface area is 136 Å². The molecule has 7 nitrogen and oxygen atoms in total. The lowest BCUT2D eigenvalue weighted by molar-refractivity contribution is -0.385. The molecule has 1 rings (SSSR count). The van der Waals surface area contributed by atoms with Crippen LogP contribution in [0.15, 0.2) is 18.2 Å². The molecule has 0 aliphatic heterocycles. The van der Waals surface area contributed by atoms with Crippen LogP contribution in [0.25, 0.3) is 0 Å². The van der Waals surface area contributed by atoms with Crippen molar-refractivity contribution in [1.82, 2.24) is 5.32 Å². The summed E-state index contributed by atoms with van der Waals surface area (Å²) in [6, 6.07) is 4.77. The van der Waals surface area contributed by atoms with Gasteiger partial charge in [-0.1, -0.05) is 6.07 Å². The molecule has 0 aliphatic rings. The Bertz CT molecular complexity index is 552. The van der Waals surface area contributed by atoms with Crippen LogP contribution >= 0.6 is 0 Å². The van der Waals surface area contributed by atoms with Crippen molar-refractivity contribution in [3.05, 3.63) is 33.9 Å². The standard InChI is InChI=1S/C16H24N2O5/c1-12-7-8-13(18(20)21)14(11-12)22-10-6-5-9-17-15(19)23-16(2,3)4/h7-8,11H,5-6,9-10H2,1-4H3,(H,17,19). The van der Waals surface area contributed by atoms with Gasteiger partial charge in [0.1, 0.15) is 5.60 Å². The number of rotatable bonds is 7. The van der Waals surface area contributed by atoms with Crippen molar-refractivity contribution < 1.29 is 19.2 Å². The molecule has 0 fully saturated rings. The zero-order chi connectivity index (χ0) is 17.5. The second-order valence-corrected chi connectivity index (χ2v) is 6.21. The van der Waals surface area contributed by atoms with Crippen molar-refractivity contribution >= 4 is 11.8 Å². The molecule has 0 aliphatic carbocycles. The van der Waals surface area contributed by atoms with Crippen molar-refractivity contribution in [2.45, 2.75) is 46.1 Å². The molecule has 0 bridgehead atoms. The molecule has 7 heteroatoms. The largest absolute Gasteiger partial charge is 0.487 e. The highest BCUT2D eigenvalue weighted by Gasteiger charge is 2.16. The average molecular weight is 324 g/mol. The molecule has 0 heterocycles. The van der Waals surface area contributed by atoms with E-state index >= 15 is 0 Å². The van der Waals surface area contributed by atoms with Crippen LogP contribution < -0.4 is 10.1 Å². The Balaban J connectivity index is 2.29. The van der Waals surface area contributed by atoms with Crippen molar-refractivity contribution in [1.29, 1.82) is 0 Å². The van der Waals surface area contributed by atoms with Crippen LogP contribution in [-0.2, 0) is 4.74 Å². The molecular weight excluding hydrogens is 300 g/mol. The zero-order valence-electron chi connectivity index (χ0n) is 14.0. The molecule has 0 saturated heterocycles. The normalized spacial score (nSPS) is 11.0. The van der Waals surface area contributed by atoms with Gasteiger partial charge in [0.15, 0.2) is 5.75 Å². The number of amides is 1. The molecule has 23 heavy (non-hydrogen) atoms. The molecule has 1 N–H and O–H groups in total. The van der Waals surface area contributed by atoms with E-state index in [0.29, 0.717) is 26.0 Å². The summed E-state index contributed by atoms with van der Waals surface area (Å²) in [5, 5.41) is 13.6. The van der Waals surface area contributed by atoms with Gasteiger partial charge in [-0.25, -0.2) is 4.79 Å². The van der Waals surface area contributed by atoms with Gasteiger partial charge in [-0.3, -0.25) is 10.1 Å². The first-order valence-electron chi connectivity index (χ1n) is 7.54. The third-order valence-electron chi connectivity index (χ3n) is 2.81. The molecule has 128 valence electrons. The first-order chi connectivity index (χ1) is 10.7. The summed E-state index contributed by atoms with van der Waals surface area (Å²) in [6.07, 6.45) is 0.910. The number of benzene rings is 1. The number of aryl methyl sites for hydroxylation is 1. The van der Waals surface area contributed by atoms with E-state index in [1.54, 1.807) is 32.9 Å². The fraction of sp³-hybridized carbons (Fsp3) is 0.562. The first-order valence-corrected chi connectivity index (χ1v) is 7.54. The Morgan fingerprint density at radius 1 is 1.30 bits per heavy atom. The number of hydrogen-bond donors (Lipinski definition) is 1. The SMILES string of the molecule is Cc1ccc([N+](=O)[O-])c(OCCCCNC(=O)OC(C)(C)C)c1. The topological polar surface area (TPSA) is 90.7 Å². The predicted molar refractivity (Wildman–Crippen MR) is 86.8 cm³/mol. The minimum absolute atomic E-state index is 0.0394. The Morgan fingerprint density at radius 3 is 2.61 bits per heavy atom. The van der Waals surface area contributed by atoms with E-state index in [1.165, 1.54) is 6.07 Å². The van der Waals surface area contributed by atoms with Gasteiger partial charge in [0.05, 0.1) is 11.5 Å². The summed E-state index contributed by atoms with van der Waals surface area (Å²) in [5.74, 6) is 0.273. The van der Waals surface area contributed by atoms with Crippen molar-refractivity contribution in [2.75, 3.05) is 13.2 Å². The summed E-state index contributed by atoms with van der Waals surface area (Å²) >= 11 is 0. The summed E-state index contributed by atoms with van der Waals surface area (Å²) < 4.78 is 10.6. The highest BCUT2D eigenvalue weighted by Crippen LogP contribution is 2.27. The van der Waals surface area contributed by atoms with Gasteiger partial charge in [0, 0.05) is 12.6 Å². The lowest BCUT2D eigenvalue weighted by Crippen LogP contribution is -2.33. The number of nitro benzene ring substituents is 1. The van der Waals surface area contributed by atoms with Crippen molar-refractivity contribution in [2.24, 2.45) is 0 Å². The molecule has 0 aromatic heterocycles. The minimum Gasteiger partial charge on any atom is -0.487 e. The molecule has 0 atom stereocenters. The van der Waals surface area contributed by atoms with Gasteiger partial charge in [0.25, 0.3) is 0 Å². The van der Waals surface area contributed by atoms with Gasteiger partial charge in [-0.05, 0) is 52.2 Å². The highest BCUT2D eigenvalue weighted by molar-refractivity contribution is 5.67. The number of ether oxygens (including phenoxy) is 2. The second-order valence-electron chi connectivity index (χ2n) is 6.21.